The van der Waals surface area contributed by atoms with Crippen LogP contribution in [0.1, 0.15) is 6.92 Å². The lowest BCUT2D eigenvalue weighted by molar-refractivity contribution is -0.384. The average molecular weight is 300 g/mol. The smallest absolute Gasteiger partial charge is 0.273 e. The molecule has 0 aliphatic carbocycles. The van der Waals surface area contributed by atoms with Gasteiger partial charge in [-0.3, -0.25) is 14.9 Å². The van der Waals surface area contributed by atoms with Crippen molar-refractivity contribution in [2.45, 2.75) is 13.0 Å². The lowest BCUT2D eigenvalue weighted by atomic mass is 10.2. The SMILES string of the molecule is CC(Oc1cccc([N+](=O)[O-])c1)C(=O)N(C)c1ccccc1. The van der Waals surface area contributed by atoms with Gasteiger partial charge in [0, 0.05) is 18.8 Å². The van der Waals surface area contributed by atoms with E-state index < -0.39 is 11.0 Å². The number of amides is 1. The van der Waals surface area contributed by atoms with Gasteiger partial charge in [0.2, 0.25) is 0 Å². The van der Waals surface area contributed by atoms with Crippen LogP contribution in [0, 0.1) is 10.1 Å². The fourth-order valence-electron chi connectivity index (χ4n) is 1.98. The van der Waals surface area contributed by atoms with Gasteiger partial charge in [0.1, 0.15) is 5.75 Å². The molecule has 114 valence electrons. The second kappa shape index (κ2) is 6.71. The van der Waals surface area contributed by atoms with E-state index in [1.165, 1.54) is 23.1 Å². The largest absolute Gasteiger partial charge is 0.481 e. The average Bonchev–Trinajstić information content (AvgIpc) is 2.54. The van der Waals surface area contributed by atoms with Crippen molar-refractivity contribution in [3.8, 4) is 5.75 Å². The van der Waals surface area contributed by atoms with E-state index in [0.29, 0.717) is 0 Å². The van der Waals surface area contributed by atoms with Gasteiger partial charge in [0.05, 0.1) is 11.0 Å². The molecule has 0 saturated carbocycles. The van der Waals surface area contributed by atoms with Crippen LogP contribution < -0.4 is 9.64 Å². The van der Waals surface area contributed by atoms with Crippen molar-refractivity contribution in [2.75, 3.05) is 11.9 Å². The van der Waals surface area contributed by atoms with Crippen LogP contribution in [0.3, 0.4) is 0 Å². The number of carbonyl (C=O) groups excluding carboxylic acids is 1. The van der Waals surface area contributed by atoms with Crippen LogP contribution in [0.5, 0.6) is 5.75 Å². The quantitative estimate of drug-likeness (QED) is 0.628. The maximum atomic E-state index is 12.3. The molecule has 0 N–H and O–H groups in total. The molecule has 0 fully saturated rings. The number of para-hydroxylation sites is 1. The highest BCUT2D eigenvalue weighted by atomic mass is 16.6. The summed E-state index contributed by atoms with van der Waals surface area (Å²) in [7, 11) is 1.66. The molecule has 0 bridgehead atoms. The zero-order chi connectivity index (χ0) is 16.1. The van der Waals surface area contributed by atoms with Crippen LogP contribution in [-0.4, -0.2) is 24.0 Å². The molecule has 0 spiro atoms. The van der Waals surface area contributed by atoms with Crippen molar-refractivity contribution in [3.63, 3.8) is 0 Å². The van der Waals surface area contributed by atoms with E-state index in [4.69, 9.17) is 4.74 Å². The van der Waals surface area contributed by atoms with Crippen molar-refractivity contribution in [1.29, 1.82) is 0 Å². The van der Waals surface area contributed by atoms with E-state index in [-0.39, 0.29) is 17.3 Å². The molecular formula is C16H16N2O4. The molecule has 1 amide bonds. The number of carbonyl (C=O) groups is 1. The lowest BCUT2D eigenvalue weighted by Gasteiger charge is -2.22. The Hall–Kier alpha value is -2.89. The fraction of sp³-hybridized carbons (Fsp3) is 0.188. The minimum absolute atomic E-state index is 0.0754. The Balaban J connectivity index is 2.08. The molecule has 22 heavy (non-hydrogen) atoms. The van der Waals surface area contributed by atoms with Crippen LogP contribution in [0.2, 0.25) is 0 Å². The van der Waals surface area contributed by atoms with Crippen LogP contribution in [0.4, 0.5) is 11.4 Å². The molecule has 0 aliphatic rings. The van der Waals surface area contributed by atoms with Gasteiger partial charge in [-0.05, 0) is 25.1 Å². The first-order valence-electron chi connectivity index (χ1n) is 6.73. The van der Waals surface area contributed by atoms with Gasteiger partial charge < -0.3 is 9.64 Å². The molecule has 1 unspecified atom stereocenters. The lowest BCUT2D eigenvalue weighted by Crippen LogP contribution is -2.37. The predicted octanol–water partition coefficient (Wildman–Crippen LogP) is 3.03. The second-order valence-corrected chi connectivity index (χ2v) is 4.75. The molecule has 6 nitrogen and oxygen atoms in total. The van der Waals surface area contributed by atoms with Crippen molar-refractivity contribution >= 4 is 17.3 Å². The number of anilines is 1. The zero-order valence-electron chi connectivity index (χ0n) is 12.3. The zero-order valence-corrected chi connectivity index (χ0v) is 12.3. The van der Waals surface area contributed by atoms with Crippen molar-refractivity contribution in [3.05, 3.63) is 64.7 Å². The molecule has 0 heterocycles. The highest BCUT2D eigenvalue weighted by Crippen LogP contribution is 2.21. The van der Waals surface area contributed by atoms with E-state index >= 15 is 0 Å². The number of ether oxygens (including phenoxy) is 1. The summed E-state index contributed by atoms with van der Waals surface area (Å²) in [5.74, 6) is 0.0502. The predicted molar refractivity (Wildman–Crippen MR) is 83.0 cm³/mol. The minimum atomic E-state index is -0.757. The summed E-state index contributed by atoms with van der Waals surface area (Å²) in [6.45, 7) is 1.61. The van der Waals surface area contributed by atoms with Gasteiger partial charge in [-0.25, -0.2) is 0 Å². The van der Waals surface area contributed by atoms with Crippen molar-refractivity contribution < 1.29 is 14.5 Å². The van der Waals surface area contributed by atoms with E-state index in [9.17, 15) is 14.9 Å². The number of likely N-dealkylation sites (N-methyl/N-ethyl adjacent to an activating group) is 1. The summed E-state index contributed by atoms with van der Waals surface area (Å²) in [6, 6.07) is 14.9. The second-order valence-electron chi connectivity index (χ2n) is 4.75. The summed E-state index contributed by atoms with van der Waals surface area (Å²) in [5, 5.41) is 10.7. The van der Waals surface area contributed by atoms with Crippen LogP contribution >= 0.6 is 0 Å². The number of hydrogen-bond acceptors (Lipinski definition) is 4. The number of nitrogens with zero attached hydrogens (tertiary/aromatic N) is 2. The molecule has 2 aromatic rings. The van der Waals surface area contributed by atoms with E-state index in [2.05, 4.69) is 0 Å². The topological polar surface area (TPSA) is 72.7 Å². The van der Waals surface area contributed by atoms with E-state index in [1.807, 2.05) is 30.3 Å². The molecule has 0 aliphatic heterocycles. The van der Waals surface area contributed by atoms with Gasteiger partial charge in [-0.2, -0.15) is 0 Å². The van der Waals surface area contributed by atoms with Gasteiger partial charge in [-0.1, -0.05) is 24.3 Å². The molecular weight excluding hydrogens is 284 g/mol. The van der Waals surface area contributed by atoms with Gasteiger partial charge in [-0.15, -0.1) is 0 Å². The Morgan fingerprint density at radius 2 is 1.86 bits per heavy atom. The Morgan fingerprint density at radius 3 is 2.50 bits per heavy atom. The van der Waals surface area contributed by atoms with E-state index in [0.717, 1.165) is 5.69 Å². The summed E-state index contributed by atoms with van der Waals surface area (Å²) < 4.78 is 5.51. The first-order chi connectivity index (χ1) is 10.5. The van der Waals surface area contributed by atoms with Crippen molar-refractivity contribution in [1.82, 2.24) is 0 Å². The molecule has 0 aromatic heterocycles. The van der Waals surface area contributed by atoms with Gasteiger partial charge in [0.25, 0.3) is 11.6 Å². The maximum absolute atomic E-state index is 12.3. The first kappa shape index (κ1) is 15.5. The standard InChI is InChI=1S/C16H16N2O4/c1-12(16(19)17(2)13-7-4-3-5-8-13)22-15-10-6-9-14(11-15)18(20)21/h3-12H,1-2H3. The fourth-order valence-corrected chi connectivity index (χ4v) is 1.98. The summed E-state index contributed by atoms with van der Waals surface area (Å²) in [6.07, 6.45) is -0.757. The maximum Gasteiger partial charge on any atom is 0.273 e. The number of non-ortho nitro benzene ring substituents is 1. The van der Waals surface area contributed by atoms with Crippen LogP contribution in [-0.2, 0) is 4.79 Å². The molecule has 1 atom stereocenters. The van der Waals surface area contributed by atoms with Gasteiger partial charge in [0.15, 0.2) is 6.10 Å². The molecule has 2 rings (SSSR count). The van der Waals surface area contributed by atoms with Crippen LogP contribution in [0.15, 0.2) is 54.6 Å². The number of nitro benzene ring substituents is 1. The first-order valence-corrected chi connectivity index (χ1v) is 6.73. The van der Waals surface area contributed by atoms with Gasteiger partial charge >= 0.3 is 0 Å². The summed E-state index contributed by atoms with van der Waals surface area (Å²) in [5.41, 5.74) is 0.676. The molecule has 2 aromatic carbocycles. The van der Waals surface area contributed by atoms with Crippen LogP contribution in [0.25, 0.3) is 0 Å². The third kappa shape index (κ3) is 3.60. The monoisotopic (exact) mass is 300 g/mol. The third-order valence-corrected chi connectivity index (χ3v) is 3.16. The molecule has 0 radical (unpaired) electrons. The minimum Gasteiger partial charge on any atom is -0.481 e. The normalized spacial score (nSPS) is 11.5. The molecule has 6 heteroatoms. The Bertz CT molecular complexity index is 673. The molecule has 0 saturated heterocycles. The Labute approximate surface area is 128 Å². The summed E-state index contributed by atoms with van der Waals surface area (Å²) >= 11 is 0. The number of rotatable bonds is 5. The highest BCUT2D eigenvalue weighted by molar-refractivity contribution is 5.95. The number of benzene rings is 2. The number of nitro groups is 1. The van der Waals surface area contributed by atoms with E-state index in [1.54, 1.807) is 20.0 Å². The highest BCUT2D eigenvalue weighted by Gasteiger charge is 2.21. The summed E-state index contributed by atoms with van der Waals surface area (Å²) in [4.78, 5) is 24.1. The Morgan fingerprint density at radius 1 is 1.18 bits per heavy atom. The van der Waals surface area contributed by atoms with Crippen molar-refractivity contribution in [2.24, 2.45) is 0 Å². The Kier molecular flexibility index (Phi) is 4.73. The number of hydrogen-bond donors (Lipinski definition) is 0. The third-order valence-electron chi connectivity index (χ3n) is 3.16.